The van der Waals surface area contributed by atoms with Crippen molar-refractivity contribution < 1.29 is 5.11 Å². The van der Waals surface area contributed by atoms with Crippen molar-refractivity contribution in [2.45, 2.75) is 18.5 Å². The number of halogens is 1. The van der Waals surface area contributed by atoms with Crippen LogP contribution in [0, 0.1) is 0 Å². The van der Waals surface area contributed by atoms with E-state index in [2.05, 4.69) is 10.0 Å². The van der Waals surface area contributed by atoms with Gasteiger partial charge in [-0.1, -0.05) is 5.11 Å². The van der Waals surface area contributed by atoms with E-state index < -0.39 is 11.6 Å². The molecular weight excluding hydrogens is 130 g/mol. The van der Waals surface area contributed by atoms with Crippen LogP contribution >= 0.6 is 11.6 Å². The average molecular weight is 136 g/mol. The van der Waals surface area contributed by atoms with E-state index in [1.54, 1.807) is 0 Å². The van der Waals surface area contributed by atoms with Gasteiger partial charge in [-0.05, 0) is 12.5 Å². The fraction of sp³-hybridized carbons (Fsp3) is 1.00. The largest absolute Gasteiger partial charge is 0.392 e. The minimum atomic E-state index is -0.847. The van der Waals surface area contributed by atoms with Gasteiger partial charge in [0, 0.05) is 4.91 Å². The van der Waals surface area contributed by atoms with Gasteiger partial charge >= 0.3 is 0 Å². The van der Waals surface area contributed by atoms with Gasteiger partial charge in [0.05, 0.1) is 6.10 Å². The Kier molecular flexibility index (Phi) is 3.35. The van der Waals surface area contributed by atoms with E-state index in [-0.39, 0.29) is 0 Å². The molecule has 0 rings (SSSR count). The Labute approximate surface area is 51.7 Å². The monoisotopic (exact) mass is 135 g/mol. The molecule has 0 bridgehead atoms. The Morgan fingerprint density at radius 3 is 2.50 bits per heavy atom. The molecule has 0 amide bonds. The molecule has 2 unspecified atom stereocenters. The Bertz CT molecular complexity index is 109. The SMILES string of the molecule is CC(O)C(Cl)N=[N+]=[N-]. The standard InChI is InChI=1S/C3H6ClN3O/c1-2(8)3(4)6-7-5/h2-3,8H,1H3. The zero-order valence-corrected chi connectivity index (χ0v) is 5.08. The maximum atomic E-state index is 8.56. The van der Waals surface area contributed by atoms with Gasteiger partial charge in [0.2, 0.25) is 0 Å². The molecule has 5 heteroatoms. The van der Waals surface area contributed by atoms with E-state index in [4.69, 9.17) is 22.2 Å². The molecule has 0 aromatic heterocycles. The van der Waals surface area contributed by atoms with E-state index in [0.717, 1.165) is 0 Å². The zero-order valence-electron chi connectivity index (χ0n) is 4.32. The van der Waals surface area contributed by atoms with Crippen LogP contribution in [0.2, 0.25) is 0 Å². The second-order valence-corrected chi connectivity index (χ2v) is 1.77. The highest BCUT2D eigenvalue weighted by atomic mass is 35.5. The van der Waals surface area contributed by atoms with E-state index in [1.165, 1.54) is 6.92 Å². The summed E-state index contributed by atoms with van der Waals surface area (Å²) in [5, 5.41) is 11.6. The van der Waals surface area contributed by atoms with Gasteiger partial charge in [0.1, 0.15) is 5.50 Å². The highest BCUT2D eigenvalue weighted by Crippen LogP contribution is 2.02. The van der Waals surface area contributed by atoms with Crippen LogP contribution in [0.5, 0.6) is 0 Å². The number of hydrogen-bond donors (Lipinski definition) is 1. The first-order valence-electron chi connectivity index (χ1n) is 2.05. The maximum absolute atomic E-state index is 8.56. The normalized spacial score (nSPS) is 16.4. The minimum absolute atomic E-state index is 0.785. The third kappa shape index (κ3) is 2.69. The van der Waals surface area contributed by atoms with Gasteiger partial charge in [0.25, 0.3) is 0 Å². The molecule has 0 fully saturated rings. The molecule has 0 aromatic rings. The van der Waals surface area contributed by atoms with E-state index in [0.29, 0.717) is 0 Å². The molecule has 0 spiro atoms. The van der Waals surface area contributed by atoms with Crippen LogP contribution in [-0.2, 0) is 0 Å². The Balaban J connectivity index is 3.63. The van der Waals surface area contributed by atoms with E-state index in [1.807, 2.05) is 0 Å². The molecule has 0 heterocycles. The van der Waals surface area contributed by atoms with Gasteiger partial charge in [-0.3, -0.25) is 0 Å². The van der Waals surface area contributed by atoms with Crippen LogP contribution in [0.4, 0.5) is 0 Å². The third-order valence-electron chi connectivity index (χ3n) is 0.560. The van der Waals surface area contributed by atoms with Crippen LogP contribution in [0.1, 0.15) is 6.92 Å². The smallest absolute Gasteiger partial charge is 0.137 e. The summed E-state index contributed by atoms with van der Waals surface area (Å²) in [5.74, 6) is 0. The highest BCUT2D eigenvalue weighted by molar-refractivity contribution is 6.20. The summed E-state index contributed by atoms with van der Waals surface area (Å²) >= 11 is 5.25. The first-order chi connectivity index (χ1) is 3.68. The van der Waals surface area contributed by atoms with Gasteiger partial charge < -0.3 is 5.11 Å². The van der Waals surface area contributed by atoms with Crippen molar-refractivity contribution in [2.75, 3.05) is 0 Å². The lowest BCUT2D eigenvalue weighted by Crippen LogP contribution is -2.12. The van der Waals surface area contributed by atoms with Crippen LogP contribution in [0.3, 0.4) is 0 Å². The lowest BCUT2D eigenvalue weighted by molar-refractivity contribution is 0.191. The number of alkyl halides is 1. The summed E-state index contributed by atoms with van der Waals surface area (Å²) in [6.45, 7) is 1.45. The molecule has 8 heavy (non-hydrogen) atoms. The minimum Gasteiger partial charge on any atom is -0.392 e. The lowest BCUT2D eigenvalue weighted by atomic mass is 10.4. The average Bonchev–Trinajstić information content (AvgIpc) is 1.67. The van der Waals surface area contributed by atoms with Gasteiger partial charge in [-0.25, -0.2) is 0 Å². The highest BCUT2D eigenvalue weighted by Gasteiger charge is 2.06. The molecule has 0 radical (unpaired) electrons. The number of rotatable bonds is 2. The summed E-state index contributed by atoms with van der Waals surface area (Å²) in [4.78, 5) is 2.39. The first-order valence-corrected chi connectivity index (χ1v) is 2.48. The Morgan fingerprint density at radius 1 is 1.88 bits per heavy atom. The zero-order chi connectivity index (χ0) is 6.57. The molecule has 2 atom stereocenters. The second-order valence-electron chi connectivity index (χ2n) is 1.32. The summed E-state index contributed by atoms with van der Waals surface area (Å²) in [6.07, 6.45) is -0.785. The third-order valence-corrected chi connectivity index (χ3v) is 1.01. The van der Waals surface area contributed by atoms with Crippen molar-refractivity contribution in [1.82, 2.24) is 0 Å². The van der Waals surface area contributed by atoms with Crippen LogP contribution in [0.25, 0.3) is 10.4 Å². The summed E-state index contributed by atoms with van der Waals surface area (Å²) in [7, 11) is 0. The van der Waals surface area contributed by atoms with Crippen molar-refractivity contribution in [3.05, 3.63) is 10.4 Å². The van der Waals surface area contributed by atoms with Crippen molar-refractivity contribution in [1.29, 1.82) is 0 Å². The number of aliphatic hydroxyl groups is 1. The summed E-state index contributed by atoms with van der Waals surface area (Å²) < 4.78 is 0. The number of azide groups is 1. The topological polar surface area (TPSA) is 69.0 Å². The quantitative estimate of drug-likeness (QED) is 0.200. The molecule has 0 aliphatic heterocycles. The van der Waals surface area contributed by atoms with Crippen molar-refractivity contribution in [3.8, 4) is 0 Å². The van der Waals surface area contributed by atoms with Crippen molar-refractivity contribution >= 4 is 11.6 Å². The van der Waals surface area contributed by atoms with E-state index >= 15 is 0 Å². The molecule has 4 nitrogen and oxygen atoms in total. The van der Waals surface area contributed by atoms with Crippen LogP contribution < -0.4 is 0 Å². The molecule has 46 valence electrons. The van der Waals surface area contributed by atoms with Crippen molar-refractivity contribution in [2.24, 2.45) is 5.11 Å². The van der Waals surface area contributed by atoms with Gasteiger partial charge in [-0.2, -0.15) is 0 Å². The lowest BCUT2D eigenvalue weighted by Gasteiger charge is -2.02. The predicted molar refractivity (Wildman–Crippen MR) is 30.5 cm³/mol. The van der Waals surface area contributed by atoms with Crippen LogP contribution in [-0.4, -0.2) is 16.7 Å². The first kappa shape index (κ1) is 7.56. The fourth-order valence-electron chi connectivity index (χ4n) is 0.146. The summed E-state index contributed by atoms with van der Waals surface area (Å²) in [5.41, 5.74) is 6.90. The second kappa shape index (κ2) is 3.55. The molecule has 0 aliphatic rings. The van der Waals surface area contributed by atoms with Gasteiger partial charge in [-0.15, -0.1) is 11.6 Å². The number of nitrogens with zero attached hydrogens (tertiary/aromatic N) is 3. The predicted octanol–water partition coefficient (Wildman–Crippen LogP) is 1.24. The molecular formula is C3H6ClN3O. The molecule has 0 saturated carbocycles. The number of aliphatic hydroxyl groups excluding tert-OH is 1. The van der Waals surface area contributed by atoms with Gasteiger partial charge in [0.15, 0.2) is 0 Å². The van der Waals surface area contributed by atoms with Crippen LogP contribution in [0.15, 0.2) is 5.11 Å². The van der Waals surface area contributed by atoms with Crippen molar-refractivity contribution in [3.63, 3.8) is 0 Å². The number of hydrogen-bond acceptors (Lipinski definition) is 2. The fourth-order valence-corrected chi connectivity index (χ4v) is 0.185. The Morgan fingerprint density at radius 2 is 2.38 bits per heavy atom. The molecule has 0 aromatic carbocycles. The molecule has 1 N–H and O–H groups in total. The van der Waals surface area contributed by atoms with E-state index in [9.17, 15) is 0 Å². The molecule has 0 saturated heterocycles. The Hall–Kier alpha value is -0.440. The summed E-state index contributed by atoms with van der Waals surface area (Å²) in [6, 6.07) is 0. The molecule has 0 aliphatic carbocycles. The maximum Gasteiger partial charge on any atom is 0.137 e.